The van der Waals surface area contributed by atoms with E-state index in [1.807, 2.05) is 42.2 Å². The van der Waals surface area contributed by atoms with Crippen LogP contribution in [0.4, 0.5) is 0 Å². The maximum Gasteiger partial charge on any atom is 0.256 e. The molecule has 4 nitrogen and oxygen atoms in total. The van der Waals surface area contributed by atoms with Gasteiger partial charge in [-0.05, 0) is 50.3 Å². The largest absolute Gasteiger partial charge is 0.364 e. The van der Waals surface area contributed by atoms with Crippen LogP contribution in [0, 0.1) is 11.8 Å². The normalized spacial score (nSPS) is 25.2. The molecule has 2 aliphatic rings. The molecule has 1 unspecified atom stereocenters. The van der Waals surface area contributed by atoms with Crippen LogP contribution in [0.25, 0.3) is 0 Å². The van der Waals surface area contributed by atoms with Gasteiger partial charge in [0.2, 0.25) is 0 Å². The molecular weight excluding hydrogens is 312 g/mol. The predicted molar refractivity (Wildman–Crippen MR) is 93.7 cm³/mol. The van der Waals surface area contributed by atoms with E-state index in [-0.39, 0.29) is 18.3 Å². The maximum atomic E-state index is 12.9. The van der Waals surface area contributed by atoms with Crippen molar-refractivity contribution in [1.82, 2.24) is 10.2 Å². The minimum atomic E-state index is -0.456. The summed E-state index contributed by atoms with van der Waals surface area (Å²) >= 11 is 0. The van der Waals surface area contributed by atoms with Gasteiger partial charge in [-0.25, -0.2) is 0 Å². The Balaban J connectivity index is 0.00000192. The number of carbonyl (C=O) groups excluding carboxylic acids is 1. The third-order valence-electron chi connectivity index (χ3n) is 4.99. The molecule has 1 aromatic rings. The second-order valence-electron chi connectivity index (χ2n) is 6.33. The number of nitrogens with one attached hydrogen (secondary N) is 1. The molecule has 3 rings (SSSR count). The highest BCUT2D eigenvalue weighted by Crippen LogP contribution is 2.29. The van der Waals surface area contributed by atoms with Crippen molar-refractivity contribution >= 4 is 18.3 Å². The van der Waals surface area contributed by atoms with Gasteiger partial charge in [-0.3, -0.25) is 4.79 Å². The average Bonchev–Trinajstić information content (AvgIpc) is 2.91. The fourth-order valence-corrected chi connectivity index (χ4v) is 3.71. The molecule has 0 saturated carbocycles. The highest BCUT2D eigenvalue weighted by atomic mass is 35.5. The molecule has 1 aromatic carbocycles. The van der Waals surface area contributed by atoms with Crippen molar-refractivity contribution in [3.05, 3.63) is 35.9 Å². The Kier molecular flexibility index (Phi) is 6.88. The number of rotatable bonds is 4. The van der Waals surface area contributed by atoms with E-state index < -0.39 is 6.10 Å². The zero-order valence-corrected chi connectivity index (χ0v) is 14.6. The topological polar surface area (TPSA) is 41.6 Å². The number of amides is 1. The summed E-state index contributed by atoms with van der Waals surface area (Å²) in [4.78, 5) is 15.0. The highest BCUT2D eigenvalue weighted by molar-refractivity contribution is 5.85. The maximum absolute atomic E-state index is 12.9. The summed E-state index contributed by atoms with van der Waals surface area (Å²) in [5, 5.41) is 3.48. The lowest BCUT2D eigenvalue weighted by Gasteiger charge is -2.26. The molecule has 0 radical (unpaired) electrons. The molecule has 5 heteroatoms. The van der Waals surface area contributed by atoms with Crippen molar-refractivity contribution in [2.24, 2.45) is 11.8 Å². The first-order chi connectivity index (χ1) is 10.8. The van der Waals surface area contributed by atoms with E-state index >= 15 is 0 Å². The summed E-state index contributed by atoms with van der Waals surface area (Å²) in [6.45, 7) is 6.44. The second-order valence-corrected chi connectivity index (χ2v) is 6.33. The molecule has 2 aliphatic heterocycles. The molecule has 2 fully saturated rings. The predicted octanol–water partition coefficient (Wildman–Crippen LogP) is 2.64. The third kappa shape index (κ3) is 4.25. The fraction of sp³-hybridized carbons (Fsp3) is 0.611. The van der Waals surface area contributed by atoms with E-state index in [0.29, 0.717) is 6.61 Å². The Morgan fingerprint density at radius 1 is 1.22 bits per heavy atom. The van der Waals surface area contributed by atoms with Crippen molar-refractivity contribution in [3.8, 4) is 0 Å². The Labute approximate surface area is 145 Å². The standard InChI is InChI=1S/C18H26N2O2.ClH/c1-2-22-17(14-6-4-3-5-7-14)18(21)20-10-8-15-12-19-13-16(15)9-11-20;/h3-7,15-17,19H,2,8-13H2,1H3;1H/t15-,16+,17?;. The van der Waals surface area contributed by atoms with E-state index in [2.05, 4.69) is 5.32 Å². The van der Waals surface area contributed by atoms with Crippen LogP contribution in [-0.2, 0) is 9.53 Å². The zero-order valence-electron chi connectivity index (χ0n) is 13.7. The van der Waals surface area contributed by atoms with E-state index in [0.717, 1.165) is 56.4 Å². The van der Waals surface area contributed by atoms with Crippen LogP contribution in [0.1, 0.15) is 31.4 Å². The molecular formula is C18H27ClN2O2. The minimum Gasteiger partial charge on any atom is -0.364 e. The minimum absolute atomic E-state index is 0. The van der Waals surface area contributed by atoms with E-state index in [9.17, 15) is 4.79 Å². The van der Waals surface area contributed by atoms with Gasteiger partial charge in [0.1, 0.15) is 0 Å². The Morgan fingerprint density at radius 3 is 2.39 bits per heavy atom. The molecule has 128 valence electrons. The molecule has 2 heterocycles. The number of carbonyl (C=O) groups is 1. The van der Waals surface area contributed by atoms with Crippen LogP contribution in [0.5, 0.6) is 0 Å². The van der Waals surface area contributed by atoms with Crippen LogP contribution >= 0.6 is 12.4 Å². The van der Waals surface area contributed by atoms with E-state index in [1.54, 1.807) is 0 Å². The fourth-order valence-electron chi connectivity index (χ4n) is 3.71. The number of fused-ring (bicyclic) bond motifs is 1. The van der Waals surface area contributed by atoms with Crippen LogP contribution in [-0.4, -0.2) is 43.6 Å². The first-order valence-corrected chi connectivity index (χ1v) is 8.45. The third-order valence-corrected chi connectivity index (χ3v) is 4.99. The first kappa shape index (κ1) is 18.2. The summed E-state index contributed by atoms with van der Waals surface area (Å²) in [5.41, 5.74) is 0.959. The Morgan fingerprint density at radius 2 is 1.83 bits per heavy atom. The Bertz CT molecular complexity index is 483. The zero-order chi connectivity index (χ0) is 15.4. The van der Waals surface area contributed by atoms with Crippen molar-refractivity contribution in [1.29, 1.82) is 0 Å². The van der Waals surface area contributed by atoms with Crippen LogP contribution in [0.2, 0.25) is 0 Å². The number of hydrogen-bond donors (Lipinski definition) is 1. The quantitative estimate of drug-likeness (QED) is 0.917. The van der Waals surface area contributed by atoms with E-state index in [1.165, 1.54) is 0 Å². The first-order valence-electron chi connectivity index (χ1n) is 8.45. The number of likely N-dealkylation sites (tertiary alicyclic amines) is 1. The van der Waals surface area contributed by atoms with E-state index in [4.69, 9.17) is 4.74 Å². The van der Waals surface area contributed by atoms with Gasteiger partial charge < -0.3 is 15.0 Å². The van der Waals surface area contributed by atoms with Crippen molar-refractivity contribution in [3.63, 3.8) is 0 Å². The number of benzene rings is 1. The molecule has 3 atom stereocenters. The molecule has 23 heavy (non-hydrogen) atoms. The number of nitrogens with zero attached hydrogens (tertiary/aromatic N) is 1. The van der Waals surface area contributed by atoms with Crippen LogP contribution in [0.3, 0.4) is 0 Å². The van der Waals surface area contributed by atoms with Gasteiger partial charge in [0.15, 0.2) is 6.10 Å². The smallest absolute Gasteiger partial charge is 0.256 e. The molecule has 2 saturated heterocycles. The van der Waals surface area contributed by atoms with Gasteiger partial charge in [-0.1, -0.05) is 30.3 Å². The van der Waals surface area contributed by atoms with Gasteiger partial charge in [-0.15, -0.1) is 12.4 Å². The molecule has 1 amide bonds. The summed E-state index contributed by atoms with van der Waals surface area (Å²) in [5.74, 6) is 1.60. The second kappa shape index (κ2) is 8.67. The number of halogens is 1. The lowest BCUT2D eigenvalue weighted by molar-refractivity contribution is -0.144. The molecule has 0 aromatic heterocycles. The monoisotopic (exact) mass is 338 g/mol. The summed E-state index contributed by atoms with van der Waals surface area (Å²) in [7, 11) is 0. The van der Waals surface area contributed by atoms with Gasteiger partial charge in [0.05, 0.1) is 0 Å². The van der Waals surface area contributed by atoms with Crippen LogP contribution < -0.4 is 5.32 Å². The molecule has 0 aliphatic carbocycles. The number of hydrogen-bond acceptors (Lipinski definition) is 3. The van der Waals surface area contributed by atoms with Crippen molar-refractivity contribution in [2.75, 3.05) is 32.8 Å². The lowest BCUT2D eigenvalue weighted by Crippen LogP contribution is -2.37. The van der Waals surface area contributed by atoms with Gasteiger partial charge in [0, 0.05) is 19.7 Å². The summed E-state index contributed by atoms with van der Waals surface area (Å²) < 4.78 is 5.77. The Hall–Kier alpha value is -1.10. The van der Waals surface area contributed by atoms with Crippen molar-refractivity contribution in [2.45, 2.75) is 25.9 Å². The number of ether oxygens (including phenoxy) is 1. The summed E-state index contributed by atoms with van der Waals surface area (Å²) in [6.07, 6.45) is 1.76. The average molecular weight is 339 g/mol. The molecule has 1 N–H and O–H groups in total. The molecule has 0 bridgehead atoms. The summed E-state index contributed by atoms with van der Waals surface area (Å²) in [6, 6.07) is 9.86. The van der Waals surface area contributed by atoms with Crippen LogP contribution in [0.15, 0.2) is 30.3 Å². The SMILES string of the molecule is CCOC(C(=O)N1CC[C@@H]2CNC[C@@H]2CC1)c1ccccc1.Cl. The van der Waals surface area contributed by atoms with Gasteiger partial charge in [0.25, 0.3) is 5.91 Å². The highest BCUT2D eigenvalue weighted by Gasteiger charge is 2.33. The lowest BCUT2D eigenvalue weighted by atomic mass is 9.92. The van der Waals surface area contributed by atoms with Crippen molar-refractivity contribution < 1.29 is 9.53 Å². The molecule has 0 spiro atoms. The van der Waals surface area contributed by atoms with Gasteiger partial charge >= 0.3 is 0 Å². The van der Waals surface area contributed by atoms with Gasteiger partial charge in [-0.2, -0.15) is 0 Å².